The normalized spacial score (nSPS) is 9.67. The summed E-state index contributed by atoms with van der Waals surface area (Å²) in [7, 11) is 0. The van der Waals surface area contributed by atoms with Gasteiger partial charge in [-0.1, -0.05) is 26.3 Å². The van der Waals surface area contributed by atoms with E-state index in [4.69, 9.17) is 9.84 Å². The fraction of sp³-hybridized carbons (Fsp3) is 0.636. The fourth-order valence-electron chi connectivity index (χ4n) is 0.987. The lowest BCUT2D eigenvalue weighted by Crippen LogP contribution is -2.08. The highest BCUT2D eigenvalue weighted by molar-refractivity contribution is 5.85. The van der Waals surface area contributed by atoms with Crippen LogP contribution < -0.4 is 0 Å². The topological polar surface area (TPSA) is 63.6 Å². The molecule has 0 aromatic rings. The Bertz CT molecular complexity index is 233. The van der Waals surface area contributed by atoms with Gasteiger partial charge < -0.3 is 9.84 Å². The number of carboxylic acids is 1. The lowest BCUT2D eigenvalue weighted by atomic mass is 10.2. The van der Waals surface area contributed by atoms with Crippen LogP contribution in [0, 0.1) is 0 Å². The number of hydrogen-bond acceptors (Lipinski definition) is 3. The summed E-state index contributed by atoms with van der Waals surface area (Å²) < 4.78 is 4.85. The monoisotopic (exact) mass is 214 g/mol. The minimum atomic E-state index is -1.04. The Morgan fingerprint density at radius 1 is 1.27 bits per heavy atom. The van der Waals surface area contributed by atoms with Crippen LogP contribution in [-0.4, -0.2) is 23.7 Å². The van der Waals surface area contributed by atoms with E-state index < -0.39 is 5.97 Å². The van der Waals surface area contributed by atoms with Crippen molar-refractivity contribution in [3.8, 4) is 0 Å². The van der Waals surface area contributed by atoms with E-state index in [0.29, 0.717) is 6.42 Å². The third kappa shape index (κ3) is 7.73. The maximum absolute atomic E-state index is 11.1. The average molecular weight is 214 g/mol. The Morgan fingerprint density at radius 2 is 1.93 bits per heavy atom. The van der Waals surface area contributed by atoms with Gasteiger partial charge in [0.25, 0.3) is 0 Å². The van der Waals surface area contributed by atoms with Gasteiger partial charge >= 0.3 is 11.9 Å². The molecule has 1 N–H and O–H groups in total. The zero-order valence-electron chi connectivity index (χ0n) is 9.12. The van der Waals surface area contributed by atoms with Crippen molar-refractivity contribution in [1.82, 2.24) is 0 Å². The van der Waals surface area contributed by atoms with Gasteiger partial charge in [-0.25, -0.2) is 4.79 Å². The standard InChI is InChI=1S/C11H18O4/c1-3-4-5-6-10(12)15-8-7-9(2)11(13)14/h2-8H2,1H3,(H,13,14). The van der Waals surface area contributed by atoms with Crippen LogP contribution in [0.1, 0.15) is 39.0 Å². The number of aliphatic carboxylic acids is 1. The first-order valence-corrected chi connectivity index (χ1v) is 5.14. The first kappa shape index (κ1) is 13.7. The number of ether oxygens (including phenoxy) is 1. The first-order valence-electron chi connectivity index (χ1n) is 5.14. The molecule has 0 rings (SSSR count). The Balaban J connectivity index is 3.47. The molecule has 0 saturated carbocycles. The minimum absolute atomic E-state index is 0.0661. The van der Waals surface area contributed by atoms with Gasteiger partial charge in [0.1, 0.15) is 0 Å². The summed E-state index contributed by atoms with van der Waals surface area (Å²) in [4.78, 5) is 21.4. The molecule has 0 aliphatic carbocycles. The van der Waals surface area contributed by atoms with Crippen LogP contribution in [0.5, 0.6) is 0 Å². The maximum atomic E-state index is 11.1. The first-order chi connectivity index (χ1) is 7.07. The van der Waals surface area contributed by atoms with Gasteiger partial charge in [0.15, 0.2) is 0 Å². The molecule has 0 aliphatic heterocycles. The van der Waals surface area contributed by atoms with E-state index in [0.717, 1.165) is 19.3 Å². The van der Waals surface area contributed by atoms with Crippen molar-refractivity contribution in [3.63, 3.8) is 0 Å². The predicted octanol–water partition coefficient (Wildman–Crippen LogP) is 2.14. The highest BCUT2D eigenvalue weighted by atomic mass is 16.5. The van der Waals surface area contributed by atoms with Gasteiger partial charge in [-0.2, -0.15) is 0 Å². The Labute approximate surface area is 89.9 Å². The molecule has 0 fully saturated rings. The van der Waals surface area contributed by atoms with Crippen LogP contribution in [0.15, 0.2) is 12.2 Å². The van der Waals surface area contributed by atoms with Gasteiger partial charge in [-0.05, 0) is 6.42 Å². The van der Waals surface area contributed by atoms with Crippen molar-refractivity contribution >= 4 is 11.9 Å². The largest absolute Gasteiger partial charge is 0.478 e. The molecular weight excluding hydrogens is 196 g/mol. The van der Waals surface area contributed by atoms with E-state index in [1.165, 1.54) is 0 Å². The van der Waals surface area contributed by atoms with Crippen molar-refractivity contribution in [2.45, 2.75) is 39.0 Å². The molecule has 0 atom stereocenters. The molecule has 0 amide bonds. The van der Waals surface area contributed by atoms with Crippen LogP contribution >= 0.6 is 0 Å². The van der Waals surface area contributed by atoms with Crippen molar-refractivity contribution < 1.29 is 19.4 Å². The quantitative estimate of drug-likeness (QED) is 0.382. The molecule has 0 aliphatic rings. The van der Waals surface area contributed by atoms with Crippen molar-refractivity contribution in [3.05, 3.63) is 12.2 Å². The smallest absolute Gasteiger partial charge is 0.331 e. The van der Waals surface area contributed by atoms with Crippen LogP contribution in [-0.2, 0) is 14.3 Å². The van der Waals surface area contributed by atoms with Crippen molar-refractivity contribution in [2.24, 2.45) is 0 Å². The number of carboxylic acid groups (broad SMARTS) is 1. The number of carbonyl (C=O) groups is 2. The third-order valence-electron chi connectivity index (χ3n) is 1.95. The molecule has 0 radical (unpaired) electrons. The maximum Gasteiger partial charge on any atom is 0.331 e. The molecule has 86 valence electrons. The zero-order chi connectivity index (χ0) is 11.7. The predicted molar refractivity (Wildman–Crippen MR) is 56.5 cm³/mol. The summed E-state index contributed by atoms with van der Waals surface area (Å²) in [5, 5.41) is 8.48. The molecular formula is C11H18O4. The molecule has 0 unspecified atom stereocenters. The average Bonchev–Trinajstić information content (AvgIpc) is 2.18. The molecule has 0 aromatic carbocycles. The second-order valence-electron chi connectivity index (χ2n) is 3.34. The van der Waals surface area contributed by atoms with E-state index in [9.17, 15) is 9.59 Å². The second-order valence-corrected chi connectivity index (χ2v) is 3.34. The van der Waals surface area contributed by atoms with E-state index >= 15 is 0 Å². The van der Waals surface area contributed by atoms with Gasteiger partial charge in [0.2, 0.25) is 0 Å². The summed E-state index contributed by atoms with van der Waals surface area (Å²) in [6, 6.07) is 0. The molecule has 0 spiro atoms. The Morgan fingerprint density at radius 3 is 2.47 bits per heavy atom. The van der Waals surface area contributed by atoms with Gasteiger partial charge in [0, 0.05) is 18.4 Å². The highest BCUT2D eigenvalue weighted by Crippen LogP contribution is 2.03. The van der Waals surface area contributed by atoms with Crippen LogP contribution in [0.3, 0.4) is 0 Å². The molecule has 0 saturated heterocycles. The van der Waals surface area contributed by atoms with Crippen molar-refractivity contribution in [2.75, 3.05) is 6.61 Å². The Kier molecular flexibility index (Phi) is 7.32. The summed E-state index contributed by atoms with van der Waals surface area (Å²) >= 11 is 0. The van der Waals surface area contributed by atoms with Crippen molar-refractivity contribution in [1.29, 1.82) is 0 Å². The minimum Gasteiger partial charge on any atom is -0.478 e. The fourth-order valence-corrected chi connectivity index (χ4v) is 0.987. The molecule has 0 bridgehead atoms. The molecule has 15 heavy (non-hydrogen) atoms. The van der Waals surface area contributed by atoms with Crippen LogP contribution in [0.2, 0.25) is 0 Å². The van der Waals surface area contributed by atoms with Crippen LogP contribution in [0.25, 0.3) is 0 Å². The van der Waals surface area contributed by atoms with Gasteiger partial charge in [-0.15, -0.1) is 0 Å². The summed E-state index contributed by atoms with van der Waals surface area (Å²) in [6.07, 6.45) is 3.50. The summed E-state index contributed by atoms with van der Waals surface area (Å²) in [5.74, 6) is -1.31. The molecule has 4 heteroatoms. The number of hydrogen-bond donors (Lipinski definition) is 1. The SMILES string of the molecule is C=C(CCOC(=O)CCCCC)C(=O)O. The van der Waals surface area contributed by atoms with E-state index in [2.05, 4.69) is 13.5 Å². The highest BCUT2D eigenvalue weighted by Gasteiger charge is 2.06. The van der Waals surface area contributed by atoms with Crippen LogP contribution in [0.4, 0.5) is 0 Å². The van der Waals surface area contributed by atoms with Gasteiger partial charge in [0.05, 0.1) is 6.61 Å². The number of carbonyl (C=O) groups excluding carboxylic acids is 1. The molecule has 0 heterocycles. The molecule has 4 nitrogen and oxygen atoms in total. The van der Waals surface area contributed by atoms with E-state index in [-0.39, 0.29) is 24.6 Å². The number of esters is 1. The van der Waals surface area contributed by atoms with E-state index in [1.54, 1.807) is 0 Å². The second kappa shape index (κ2) is 8.03. The summed E-state index contributed by atoms with van der Waals surface area (Å²) in [6.45, 7) is 5.50. The number of rotatable bonds is 8. The lowest BCUT2D eigenvalue weighted by Gasteiger charge is -2.04. The van der Waals surface area contributed by atoms with E-state index in [1.807, 2.05) is 0 Å². The summed E-state index contributed by atoms with van der Waals surface area (Å²) in [5.41, 5.74) is 0.0661. The third-order valence-corrected chi connectivity index (χ3v) is 1.95. The number of unbranched alkanes of at least 4 members (excludes halogenated alkanes) is 2. The van der Waals surface area contributed by atoms with Gasteiger partial charge in [-0.3, -0.25) is 4.79 Å². The zero-order valence-corrected chi connectivity index (χ0v) is 9.12. The Hall–Kier alpha value is -1.32. The molecule has 0 aromatic heterocycles. The lowest BCUT2D eigenvalue weighted by molar-refractivity contribution is -0.144.